The van der Waals surface area contributed by atoms with Crippen LogP contribution in [0.1, 0.15) is 20.8 Å². The smallest absolute Gasteiger partial charge is 0.320 e. The van der Waals surface area contributed by atoms with Crippen LogP contribution in [0.25, 0.3) is 0 Å². The minimum Gasteiger partial charge on any atom is -0.465 e. The second kappa shape index (κ2) is 6.89. The molecule has 0 aliphatic carbocycles. The van der Waals surface area contributed by atoms with Gasteiger partial charge in [0.2, 0.25) is 11.9 Å². The lowest BCUT2D eigenvalue weighted by molar-refractivity contribution is -0.153. The molecule has 0 spiro atoms. The van der Waals surface area contributed by atoms with Crippen molar-refractivity contribution < 1.29 is 19.1 Å². The molecule has 7 heteroatoms. The fourth-order valence-electron chi connectivity index (χ4n) is 2.54. The molecule has 2 heterocycles. The Labute approximate surface area is 124 Å². The molecule has 1 saturated heterocycles. The molecule has 2 aliphatic rings. The SMILES string of the molecule is CCOC(=O)[C@@H]1C(=O)NC(N2CCOCC2)=N[C@@H]1C(C)C. The number of carbonyl (C=O) groups excluding carboxylic acids is 2. The van der Waals surface area contributed by atoms with Gasteiger partial charge in [-0.25, -0.2) is 4.99 Å². The van der Waals surface area contributed by atoms with Crippen molar-refractivity contribution >= 4 is 17.8 Å². The summed E-state index contributed by atoms with van der Waals surface area (Å²) in [7, 11) is 0. The predicted molar refractivity (Wildman–Crippen MR) is 76.7 cm³/mol. The van der Waals surface area contributed by atoms with Gasteiger partial charge in [-0.1, -0.05) is 13.8 Å². The minimum absolute atomic E-state index is 0.0708. The second-order valence-corrected chi connectivity index (χ2v) is 5.51. The van der Waals surface area contributed by atoms with Crippen molar-refractivity contribution in [3.05, 3.63) is 0 Å². The average Bonchev–Trinajstić information content (AvgIpc) is 2.47. The summed E-state index contributed by atoms with van der Waals surface area (Å²) in [5.74, 6) is -1.08. The monoisotopic (exact) mass is 297 g/mol. The van der Waals surface area contributed by atoms with Crippen LogP contribution in [0.3, 0.4) is 0 Å². The van der Waals surface area contributed by atoms with Crippen LogP contribution in [-0.4, -0.2) is 61.7 Å². The van der Waals surface area contributed by atoms with E-state index in [1.807, 2.05) is 18.7 Å². The molecule has 0 aromatic rings. The van der Waals surface area contributed by atoms with E-state index in [1.165, 1.54) is 0 Å². The minimum atomic E-state index is -0.866. The fraction of sp³-hybridized carbons (Fsp3) is 0.786. The van der Waals surface area contributed by atoms with E-state index >= 15 is 0 Å². The van der Waals surface area contributed by atoms with Gasteiger partial charge in [0.1, 0.15) is 0 Å². The molecule has 0 aromatic carbocycles. The molecule has 1 fully saturated rings. The van der Waals surface area contributed by atoms with E-state index in [9.17, 15) is 9.59 Å². The van der Waals surface area contributed by atoms with Gasteiger partial charge in [-0.3, -0.25) is 14.9 Å². The van der Waals surface area contributed by atoms with Gasteiger partial charge in [0.05, 0.1) is 25.9 Å². The third-order valence-corrected chi connectivity index (χ3v) is 3.66. The third-order valence-electron chi connectivity index (χ3n) is 3.66. The standard InChI is InChI=1S/C14H23N3O4/c1-4-21-13(19)10-11(9(2)3)15-14(16-12(10)18)17-5-7-20-8-6-17/h9-11H,4-8H2,1-3H3,(H,15,16,18)/t10-,11+/m0/s1. The molecule has 118 valence electrons. The van der Waals surface area contributed by atoms with E-state index in [0.29, 0.717) is 32.3 Å². The van der Waals surface area contributed by atoms with Gasteiger partial charge in [-0.05, 0) is 12.8 Å². The molecule has 0 saturated carbocycles. The van der Waals surface area contributed by atoms with Gasteiger partial charge in [-0.15, -0.1) is 0 Å². The topological polar surface area (TPSA) is 80.2 Å². The van der Waals surface area contributed by atoms with Gasteiger partial charge < -0.3 is 14.4 Å². The molecule has 0 aromatic heterocycles. The quantitative estimate of drug-likeness (QED) is 0.586. The summed E-state index contributed by atoms with van der Waals surface area (Å²) < 4.78 is 10.3. The maximum absolute atomic E-state index is 12.3. The second-order valence-electron chi connectivity index (χ2n) is 5.51. The summed E-state index contributed by atoms with van der Waals surface area (Å²) in [4.78, 5) is 30.9. The Hall–Kier alpha value is -1.63. The Kier molecular flexibility index (Phi) is 5.17. The van der Waals surface area contributed by atoms with Gasteiger partial charge in [0.25, 0.3) is 0 Å². The Morgan fingerprint density at radius 2 is 2.14 bits per heavy atom. The van der Waals surface area contributed by atoms with Crippen molar-refractivity contribution in [2.24, 2.45) is 16.8 Å². The molecule has 0 bridgehead atoms. The van der Waals surface area contributed by atoms with Gasteiger partial charge in [-0.2, -0.15) is 0 Å². The number of carbonyl (C=O) groups is 2. The molecule has 1 amide bonds. The van der Waals surface area contributed by atoms with Crippen molar-refractivity contribution in [2.45, 2.75) is 26.8 Å². The summed E-state index contributed by atoms with van der Waals surface area (Å²) in [6.07, 6.45) is 0. The zero-order chi connectivity index (χ0) is 15.4. The molecule has 7 nitrogen and oxygen atoms in total. The summed E-state index contributed by atoms with van der Waals surface area (Å²) in [6.45, 7) is 8.50. The van der Waals surface area contributed by atoms with E-state index < -0.39 is 17.9 Å². The molecule has 2 rings (SSSR count). The Morgan fingerprint density at radius 3 is 2.71 bits per heavy atom. The lowest BCUT2D eigenvalue weighted by Crippen LogP contribution is -2.57. The molecular weight excluding hydrogens is 274 g/mol. The van der Waals surface area contributed by atoms with Crippen molar-refractivity contribution in [3.8, 4) is 0 Å². The molecule has 2 atom stereocenters. The number of nitrogens with zero attached hydrogens (tertiary/aromatic N) is 2. The number of hydrogen-bond donors (Lipinski definition) is 1. The fourth-order valence-corrected chi connectivity index (χ4v) is 2.54. The summed E-state index contributed by atoms with van der Waals surface area (Å²) in [6, 6.07) is -0.393. The van der Waals surface area contributed by atoms with Crippen molar-refractivity contribution in [1.82, 2.24) is 10.2 Å². The number of hydrogen-bond acceptors (Lipinski definition) is 6. The normalized spacial score (nSPS) is 26.4. The highest BCUT2D eigenvalue weighted by Crippen LogP contribution is 2.23. The van der Waals surface area contributed by atoms with Gasteiger partial charge >= 0.3 is 5.97 Å². The number of morpholine rings is 1. The number of rotatable bonds is 3. The van der Waals surface area contributed by atoms with Crippen LogP contribution in [-0.2, 0) is 19.1 Å². The predicted octanol–water partition coefficient (Wildman–Crippen LogP) is 0.00830. The zero-order valence-corrected chi connectivity index (χ0v) is 12.8. The van der Waals surface area contributed by atoms with Crippen molar-refractivity contribution in [2.75, 3.05) is 32.9 Å². The van der Waals surface area contributed by atoms with Crippen LogP contribution in [0, 0.1) is 11.8 Å². The molecule has 0 unspecified atom stereocenters. The molecule has 1 N–H and O–H groups in total. The highest BCUT2D eigenvalue weighted by molar-refractivity contribution is 6.08. The van der Waals surface area contributed by atoms with E-state index in [-0.39, 0.29) is 18.4 Å². The van der Waals surface area contributed by atoms with Crippen LogP contribution in [0.5, 0.6) is 0 Å². The molecular formula is C14H23N3O4. The van der Waals surface area contributed by atoms with E-state index in [0.717, 1.165) is 0 Å². The molecule has 0 radical (unpaired) electrons. The number of guanidine groups is 1. The van der Waals surface area contributed by atoms with Crippen LogP contribution in [0.4, 0.5) is 0 Å². The highest BCUT2D eigenvalue weighted by Gasteiger charge is 2.42. The van der Waals surface area contributed by atoms with E-state index in [2.05, 4.69) is 10.3 Å². The first-order valence-corrected chi connectivity index (χ1v) is 7.42. The maximum atomic E-state index is 12.3. The lowest BCUT2D eigenvalue weighted by atomic mass is 9.89. The van der Waals surface area contributed by atoms with Crippen molar-refractivity contribution in [3.63, 3.8) is 0 Å². The van der Waals surface area contributed by atoms with Crippen LogP contribution >= 0.6 is 0 Å². The highest BCUT2D eigenvalue weighted by atomic mass is 16.5. The summed E-state index contributed by atoms with van der Waals surface area (Å²) in [5.41, 5.74) is 0. The van der Waals surface area contributed by atoms with Crippen LogP contribution in [0.2, 0.25) is 0 Å². The number of ether oxygens (including phenoxy) is 2. The summed E-state index contributed by atoms with van der Waals surface area (Å²) >= 11 is 0. The summed E-state index contributed by atoms with van der Waals surface area (Å²) in [5, 5.41) is 2.74. The van der Waals surface area contributed by atoms with Crippen LogP contribution in [0.15, 0.2) is 4.99 Å². The third kappa shape index (κ3) is 3.53. The number of amides is 1. The largest absolute Gasteiger partial charge is 0.465 e. The van der Waals surface area contributed by atoms with Crippen molar-refractivity contribution in [1.29, 1.82) is 0 Å². The van der Waals surface area contributed by atoms with Gasteiger partial charge in [0.15, 0.2) is 5.92 Å². The lowest BCUT2D eigenvalue weighted by Gasteiger charge is -2.36. The molecule has 2 aliphatic heterocycles. The van der Waals surface area contributed by atoms with E-state index in [4.69, 9.17) is 9.47 Å². The van der Waals surface area contributed by atoms with E-state index in [1.54, 1.807) is 6.92 Å². The maximum Gasteiger partial charge on any atom is 0.320 e. The number of nitrogens with one attached hydrogen (secondary N) is 1. The zero-order valence-electron chi connectivity index (χ0n) is 12.8. The Bertz CT molecular complexity index is 430. The first-order valence-electron chi connectivity index (χ1n) is 7.42. The molecule has 21 heavy (non-hydrogen) atoms. The first-order chi connectivity index (χ1) is 10.0. The van der Waals surface area contributed by atoms with Gasteiger partial charge in [0, 0.05) is 13.1 Å². The first kappa shape index (κ1) is 15.8. The van der Waals surface area contributed by atoms with Crippen LogP contribution < -0.4 is 5.32 Å². The Morgan fingerprint density at radius 1 is 1.48 bits per heavy atom. The average molecular weight is 297 g/mol. The Balaban J connectivity index is 2.21. The number of aliphatic imine (C=N–C) groups is 1. The number of esters is 1.